The topological polar surface area (TPSA) is 12.0 Å². The van der Waals surface area contributed by atoms with Crippen LogP contribution in [0.25, 0.3) is 0 Å². The predicted octanol–water partition coefficient (Wildman–Crippen LogP) is 4.49. The third-order valence-electron chi connectivity index (χ3n) is 2.88. The first-order valence-electron chi connectivity index (χ1n) is 5.83. The first kappa shape index (κ1) is 12.9. The Hall–Kier alpha value is -1.54. The van der Waals surface area contributed by atoms with Crippen LogP contribution in [-0.2, 0) is 12.4 Å². The third-order valence-corrected chi connectivity index (χ3v) is 3.18. The van der Waals surface area contributed by atoms with Crippen molar-refractivity contribution in [2.75, 3.05) is 5.32 Å². The quantitative estimate of drug-likeness (QED) is 0.802. The fourth-order valence-corrected chi connectivity index (χ4v) is 1.96. The maximum atomic E-state index is 13.1. The van der Waals surface area contributed by atoms with Gasteiger partial charge in [-0.05, 0) is 47.9 Å². The lowest BCUT2D eigenvalue weighted by Crippen LogP contribution is -2.02. The van der Waals surface area contributed by atoms with Gasteiger partial charge >= 0.3 is 0 Å². The van der Waals surface area contributed by atoms with E-state index in [1.54, 1.807) is 12.1 Å². The van der Waals surface area contributed by atoms with Crippen molar-refractivity contribution in [2.45, 2.75) is 19.3 Å². The minimum absolute atomic E-state index is 0.202. The predicted molar refractivity (Wildman–Crippen MR) is 74.5 cm³/mol. The van der Waals surface area contributed by atoms with Crippen molar-refractivity contribution in [3.8, 4) is 0 Å². The van der Waals surface area contributed by atoms with Crippen LogP contribution in [0.1, 0.15) is 16.7 Å². The van der Waals surface area contributed by atoms with Crippen LogP contribution in [0.5, 0.6) is 0 Å². The van der Waals surface area contributed by atoms with E-state index in [2.05, 4.69) is 5.32 Å². The lowest BCUT2D eigenvalue weighted by atomic mass is 10.1. The summed E-state index contributed by atoms with van der Waals surface area (Å²) >= 11 is 5.78. The average Bonchev–Trinajstić information content (AvgIpc) is 2.40. The normalized spacial score (nSPS) is 10.4. The van der Waals surface area contributed by atoms with Gasteiger partial charge in [0.05, 0.1) is 0 Å². The largest absolute Gasteiger partial charge is 0.381 e. The SMILES string of the molecule is Cc1ccc(F)cc1CNc1cccc(CCl)c1. The molecule has 0 fully saturated rings. The number of hydrogen-bond acceptors (Lipinski definition) is 1. The number of hydrogen-bond donors (Lipinski definition) is 1. The Labute approximate surface area is 112 Å². The van der Waals surface area contributed by atoms with Crippen LogP contribution >= 0.6 is 11.6 Å². The second kappa shape index (κ2) is 5.87. The second-order valence-corrected chi connectivity index (χ2v) is 4.53. The van der Waals surface area contributed by atoms with Gasteiger partial charge in [-0.3, -0.25) is 0 Å². The summed E-state index contributed by atoms with van der Waals surface area (Å²) in [5.74, 6) is 0.293. The first-order valence-corrected chi connectivity index (χ1v) is 6.36. The zero-order chi connectivity index (χ0) is 13.0. The molecule has 0 radical (unpaired) electrons. The van der Waals surface area contributed by atoms with Crippen molar-refractivity contribution in [3.05, 3.63) is 65.0 Å². The van der Waals surface area contributed by atoms with E-state index in [1.165, 1.54) is 6.07 Å². The van der Waals surface area contributed by atoms with Crippen LogP contribution < -0.4 is 5.32 Å². The molecular formula is C15H15ClFN. The molecule has 2 aromatic rings. The zero-order valence-electron chi connectivity index (χ0n) is 10.2. The summed E-state index contributed by atoms with van der Waals surface area (Å²) in [6.07, 6.45) is 0. The van der Waals surface area contributed by atoms with Gasteiger partial charge in [-0.2, -0.15) is 0 Å². The summed E-state index contributed by atoms with van der Waals surface area (Å²) in [6.45, 7) is 2.58. The van der Waals surface area contributed by atoms with Gasteiger partial charge in [0.25, 0.3) is 0 Å². The molecule has 0 unspecified atom stereocenters. The fraction of sp³-hybridized carbons (Fsp3) is 0.200. The van der Waals surface area contributed by atoms with Crippen molar-refractivity contribution in [1.29, 1.82) is 0 Å². The van der Waals surface area contributed by atoms with Crippen molar-refractivity contribution >= 4 is 17.3 Å². The van der Waals surface area contributed by atoms with E-state index in [-0.39, 0.29) is 5.82 Å². The van der Waals surface area contributed by atoms with Crippen molar-refractivity contribution in [2.24, 2.45) is 0 Å². The monoisotopic (exact) mass is 263 g/mol. The number of alkyl halides is 1. The molecule has 0 bridgehead atoms. The molecule has 94 valence electrons. The van der Waals surface area contributed by atoms with E-state index in [0.717, 1.165) is 22.4 Å². The van der Waals surface area contributed by atoms with Crippen molar-refractivity contribution < 1.29 is 4.39 Å². The summed E-state index contributed by atoms with van der Waals surface area (Å²) in [7, 11) is 0. The molecule has 0 spiro atoms. The highest BCUT2D eigenvalue weighted by atomic mass is 35.5. The summed E-state index contributed by atoms with van der Waals surface area (Å²) in [5.41, 5.74) is 4.11. The average molecular weight is 264 g/mol. The van der Waals surface area contributed by atoms with E-state index in [4.69, 9.17) is 11.6 Å². The molecule has 0 saturated carbocycles. The number of benzene rings is 2. The fourth-order valence-electron chi connectivity index (χ4n) is 1.79. The standard InChI is InChI=1S/C15H15ClFN/c1-11-5-6-14(17)8-13(11)10-18-15-4-2-3-12(7-15)9-16/h2-8,18H,9-10H2,1H3. The molecule has 0 aliphatic rings. The number of halogens is 2. The minimum atomic E-state index is -0.202. The summed E-state index contributed by atoms with van der Waals surface area (Å²) in [6, 6.07) is 12.7. The zero-order valence-corrected chi connectivity index (χ0v) is 11.0. The Morgan fingerprint density at radius 1 is 1.17 bits per heavy atom. The maximum absolute atomic E-state index is 13.1. The smallest absolute Gasteiger partial charge is 0.123 e. The van der Waals surface area contributed by atoms with E-state index >= 15 is 0 Å². The van der Waals surface area contributed by atoms with E-state index in [0.29, 0.717) is 12.4 Å². The van der Waals surface area contributed by atoms with Crippen LogP contribution in [0.3, 0.4) is 0 Å². The van der Waals surface area contributed by atoms with Crippen LogP contribution in [-0.4, -0.2) is 0 Å². The highest BCUT2D eigenvalue weighted by Gasteiger charge is 2.01. The number of rotatable bonds is 4. The van der Waals surface area contributed by atoms with Gasteiger partial charge < -0.3 is 5.32 Å². The van der Waals surface area contributed by atoms with Gasteiger partial charge in [0, 0.05) is 18.1 Å². The molecule has 0 saturated heterocycles. The Balaban J connectivity index is 2.08. The van der Waals surface area contributed by atoms with Crippen LogP contribution in [0.15, 0.2) is 42.5 Å². The van der Waals surface area contributed by atoms with Crippen molar-refractivity contribution in [3.63, 3.8) is 0 Å². The Morgan fingerprint density at radius 3 is 2.78 bits per heavy atom. The maximum Gasteiger partial charge on any atom is 0.123 e. The van der Waals surface area contributed by atoms with Gasteiger partial charge in [0.2, 0.25) is 0 Å². The number of anilines is 1. The molecule has 1 N–H and O–H groups in total. The van der Waals surface area contributed by atoms with E-state index in [9.17, 15) is 4.39 Å². The molecule has 0 aliphatic carbocycles. The van der Waals surface area contributed by atoms with Gasteiger partial charge in [-0.15, -0.1) is 11.6 Å². The van der Waals surface area contributed by atoms with Crippen LogP contribution in [0.2, 0.25) is 0 Å². The Morgan fingerprint density at radius 2 is 2.00 bits per heavy atom. The lowest BCUT2D eigenvalue weighted by molar-refractivity contribution is 0.625. The molecule has 3 heteroatoms. The molecule has 2 rings (SSSR count). The first-order chi connectivity index (χ1) is 8.69. The molecule has 0 atom stereocenters. The molecule has 0 amide bonds. The number of aryl methyl sites for hydroxylation is 1. The number of nitrogens with one attached hydrogen (secondary N) is 1. The molecule has 0 heterocycles. The highest BCUT2D eigenvalue weighted by molar-refractivity contribution is 6.17. The Bertz CT molecular complexity index is 540. The van der Waals surface area contributed by atoms with Crippen LogP contribution in [0.4, 0.5) is 10.1 Å². The Kier molecular flexibility index (Phi) is 4.21. The third kappa shape index (κ3) is 3.23. The summed E-state index contributed by atoms with van der Waals surface area (Å²) in [4.78, 5) is 0. The highest BCUT2D eigenvalue weighted by Crippen LogP contribution is 2.16. The van der Waals surface area contributed by atoms with Crippen LogP contribution in [0, 0.1) is 12.7 Å². The second-order valence-electron chi connectivity index (χ2n) is 4.26. The minimum Gasteiger partial charge on any atom is -0.381 e. The van der Waals surface area contributed by atoms with Crippen molar-refractivity contribution in [1.82, 2.24) is 0 Å². The molecular weight excluding hydrogens is 249 g/mol. The molecule has 0 aromatic heterocycles. The van der Waals surface area contributed by atoms with Gasteiger partial charge in [0.1, 0.15) is 5.82 Å². The van der Waals surface area contributed by atoms with Gasteiger partial charge in [0.15, 0.2) is 0 Å². The lowest BCUT2D eigenvalue weighted by Gasteiger charge is -2.10. The molecule has 1 nitrogen and oxygen atoms in total. The summed E-state index contributed by atoms with van der Waals surface area (Å²) < 4.78 is 13.1. The van der Waals surface area contributed by atoms with E-state index in [1.807, 2.05) is 31.2 Å². The van der Waals surface area contributed by atoms with E-state index < -0.39 is 0 Å². The molecule has 2 aromatic carbocycles. The van der Waals surface area contributed by atoms with Gasteiger partial charge in [-0.25, -0.2) is 4.39 Å². The van der Waals surface area contributed by atoms with Gasteiger partial charge in [-0.1, -0.05) is 18.2 Å². The summed E-state index contributed by atoms with van der Waals surface area (Å²) in [5, 5.41) is 3.28. The molecule has 18 heavy (non-hydrogen) atoms. The molecule has 0 aliphatic heterocycles.